The number of aliphatic imine (C=N–C) groups is 2. The topological polar surface area (TPSA) is 34.6 Å². The number of hydrogen-bond donors (Lipinski definition) is 0. The fourth-order valence-electron chi connectivity index (χ4n) is 7.56. The maximum Gasteiger partial charge on any atom is 0.230 e. The van der Waals surface area contributed by atoms with Gasteiger partial charge in [0.15, 0.2) is 0 Å². The van der Waals surface area contributed by atoms with Crippen molar-refractivity contribution in [3.8, 4) is 16.8 Å². The van der Waals surface area contributed by atoms with Gasteiger partial charge < -0.3 is 4.57 Å². The van der Waals surface area contributed by atoms with Gasteiger partial charge in [0.25, 0.3) is 0 Å². The third-order valence-corrected chi connectivity index (χ3v) is 9.82. The Balaban J connectivity index is 1.22. The van der Waals surface area contributed by atoms with Crippen molar-refractivity contribution >= 4 is 55.3 Å². The molecule has 3 heterocycles. The largest absolute Gasteiger partial charge is 0.309 e. The number of hydrogen-bond acceptors (Lipinski definition) is 2. The quantitative estimate of drug-likeness (QED) is 0.170. The highest BCUT2D eigenvalue weighted by Crippen LogP contribution is 2.38. The second-order valence-corrected chi connectivity index (χ2v) is 12.6. The maximum absolute atomic E-state index is 5.29. The number of aromatic nitrogens is 2. The number of rotatable bonds is 5. The summed E-state index contributed by atoms with van der Waals surface area (Å²) < 4.78 is 4.59. The zero-order chi connectivity index (χ0) is 32.9. The number of fused-ring (bicyclic) bond motifs is 7. The summed E-state index contributed by atoms with van der Waals surface area (Å²) in [5.74, 6) is 0.786. The van der Waals surface area contributed by atoms with E-state index < -0.39 is 0 Å². The highest BCUT2D eigenvalue weighted by Gasteiger charge is 2.31. The second-order valence-electron chi connectivity index (χ2n) is 12.6. The molecule has 2 unspecified atom stereocenters. The molecule has 1 aliphatic heterocycles. The summed E-state index contributed by atoms with van der Waals surface area (Å²) in [4.78, 5) is 10.5. The normalized spacial score (nSPS) is 17.7. The number of allylic oxidation sites excluding steroid dienone is 7. The predicted octanol–water partition coefficient (Wildman–Crippen LogP) is 11.0. The molecule has 0 saturated heterocycles. The van der Waals surface area contributed by atoms with Crippen molar-refractivity contribution in [2.45, 2.75) is 13.0 Å². The van der Waals surface area contributed by atoms with Gasteiger partial charge in [0.05, 0.1) is 33.8 Å². The lowest BCUT2D eigenvalue weighted by Gasteiger charge is -2.28. The van der Waals surface area contributed by atoms with E-state index in [2.05, 4.69) is 174 Å². The van der Waals surface area contributed by atoms with Gasteiger partial charge in [-0.2, -0.15) is 0 Å². The van der Waals surface area contributed by atoms with Crippen LogP contribution in [0.4, 0.5) is 0 Å². The first kappa shape index (κ1) is 28.9. The number of nitrogens with zero attached hydrogens (tertiary/aromatic N) is 4. The van der Waals surface area contributed by atoms with Gasteiger partial charge in [0.2, 0.25) is 5.96 Å². The maximum atomic E-state index is 5.29. The van der Waals surface area contributed by atoms with Crippen LogP contribution < -0.4 is 0 Å². The van der Waals surface area contributed by atoms with E-state index in [1.807, 2.05) is 6.08 Å². The Kier molecular flexibility index (Phi) is 6.94. The van der Waals surface area contributed by atoms with E-state index in [0.29, 0.717) is 5.96 Å². The summed E-state index contributed by atoms with van der Waals surface area (Å²) >= 11 is 0. The van der Waals surface area contributed by atoms with Crippen LogP contribution in [0.5, 0.6) is 0 Å². The molecule has 0 N–H and O–H groups in total. The average molecular weight is 631 g/mol. The highest BCUT2D eigenvalue weighted by molar-refractivity contribution is 6.19. The molecule has 234 valence electrons. The molecule has 9 rings (SSSR count). The first-order chi connectivity index (χ1) is 24.2. The van der Waals surface area contributed by atoms with E-state index >= 15 is 0 Å². The Hall–Kier alpha value is -6.26. The molecule has 0 bridgehead atoms. The van der Waals surface area contributed by atoms with Gasteiger partial charge in [-0.25, -0.2) is 9.98 Å². The van der Waals surface area contributed by atoms with E-state index in [9.17, 15) is 0 Å². The van der Waals surface area contributed by atoms with Crippen LogP contribution in [0, 0.1) is 5.92 Å². The summed E-state index contributed by atoms with van der Waals surface area (Å²) in [6, 6.07) is 41.5. The van der Waals surface area contributed by atoms with Crippen LogP contribution in [0.1, 0.15) is 6.92 Å². The molecule has 4 heteroatoms. The number of benzene rings is 5. The molecule has 2 atom stereocenters. The lowest BCUT2D eigenvalue weighted by Crippen LogP contribution is -2.33. The molecule has 2 aliphatic rings. The Bertz CT molecular complexity index is 2640. The smallest absolute Gasteiger partial charge is 0.230 e. The van der Waals surface area contributed by atoms with Crippen molar-refractivity contribution in [1.29, 1.82) is 0 Å². The Labute approximate surface area is 285 Å². The van der Waals surface area contributed by atoms with Crippen molar-refractivity contribution in [3.05, 3.63) is 176 Å². The van der Waals surface area contributed by atoms with E-state index in [1.165, 1.54) is 43.7 Å². The van der Waals surface area contributed by atoms with E-state index in [-0.39, 0.29) is 12.0 Å². The van der Waals surface area contributed by atoms with Crippen molar-refractivity contribution < 1.29 is 0 Å². The van der Waals surface area contributed by atoms with Gasteiger partial charge in [0.1, 0.15) is 0 Å². The molecule has 4 nitrogen and oxygen atoms in total. The predicted molar refractivity (Wildman–Crippen MR) is 208 cm³/mol. The van der Waals surface area contributed by atoms with Crippen LogP contribution in [0.15, 0.2) is 186 Å². The van der Waals surface area contributed by atoms with Crippen LogP contribution in [0.3, 0.4) is 0 Å². The molecule has 0 spiro atoms. The Morgan fingerprint density at radius 1 is 0.653 bits per heavy atom. The molecule has 0 radical (unpaired) electrons. The minimum atomic E-state index is -0.0280. The summed E-state index contributed by atoms with van der Waals surface area (Å²) in [7, 11) is 0. The zero-order valence-electron chi connectivity index (χ0n) is 27.2. The molecule has 49 heavy (non-hydrogen) atoms. The monoisotopic (exact) mass is 630 g/mol. The van der Waals surface area contributed by atoms with Gasteiger partial charge in [-0.15, -0.1) is 0 Å². The number of para-hydroxylation sites is 3. The SMILES string of the molecule is C=C/C=C\C(=C/C)C1=NC(n2c3ccccc3c3cc(-c4ccc5c(c4)c4ccccc4n5-c4ccccc4)ccc32)=NC2C=CC=CC12. The van der Waals surface area contributed by atoms with Gasteiger partial charge in [-0.1, -0.05) is 122 Å². The molecule has 0 saturated carbocycles. The Morgan fingerprint density at radius 3 is 1.92 bits per heavy atom. The minimum Gasteiger partial charge on any atom is -0.309 e. The standard InChI is InChI=1S/C45H34N4/c1-3-5-15-30(4-2)44-36-20-9-12-21-39(36)46-45(47-44)49-41-23-14-11-19-35(41)38-29-32(25-27-43(38)49)31-24-26-42-37(28-31)34-18-10-13-22-40(34)48(42)33-16-7-6-8-17-33/h3-29,36,39H,1H2,2H3/b15-5-,30-4+. The molecule has 0 fully saturated rings. The van der Waals surface area contributed by atoms with Crippen molar-refractivity contribution in [1.82, 2.24) is 9.13 Å². The molecule has 0 amide bonds. The lowest BCUT2D eigenvalue weighted by atomic mass is 9.86. The van der Waals surface area contributed by atoms with Crippen LogP contribution in [-0.4, -0.2) is 26.8 Å². The first-order valence-electron chi connectivity index (χ1n) is 16.8. The van der Waals surface area contributed by atoms with E-state index in [1.54, 1.807) is 6.08 Å². The third kappa shape index (κ3) is 4.68. The summed E-state index contributed by atoms with van der Waals surface area (Å²) in [6.07, 6.45) is 16.6. The van der Waals surface area contributed by atoms with Crippen molar-refractivity contribution in [3.63, 3.8) is 0 Å². The highest BCUT2D eigenvalue weighted by atomic mass is 15.2. The van der Waals surface area contributed by atoms with Crippen molar-refractivity contribution in [2.75, 3.05) is 0 Å². The zero-order valence-corrected chi connectivity index (χ0v) is 27.2. The van der Waals surface area contributed by atoms with Gasteiger partial charge >= 0.3 is 0 Å². The summed E-state index contributed by atoms with van der Waals surface area (Å²) in [5.41, 5.74) is 10.2. The average Bonchev–Trinajstić information content (AvgIpc) is 3.67. The van der Waals surface area contributed by atoms with Gasteiger partial charge in [-0.3, -0.25) is 4.57 Å². The van der Waals surface area contributed by atoms with E-state index in [4.69, 9.17) is 9.98 Å². The fraction of sp³-hybridized carbons (Fsp3) is 0.0667. The summed E-state index contributed by atoms with van der Waals surface area (Å²) in [5, 5.41) is 4.85. The van der Waals surface area contributed by atoms with Gasteiger partial charge in [-0.05, 0) is 72.2 Å². The van der Waals surface area contributed by atoms with Crippen molar-refractivity contribution in [2.24, 2.45) is 15.9 Å². The molecular formula is C45H34N4. The van der Waals surface area contributed by atoms with E-state index in [0.717, 1.165) is 28.0 Å². The first-order valence-corrected chi connectivity index (χ1v) is 16.8. The molecule has 1 aliphatic carbocycles. The molecular weight excluding hydrogens is 597 g/mol. The van der Waals surface area contributed by atoms with Crippen LogP contribution in [0.25, 0.3) is 60.4 Å². The van der Waals surface area contributed by atoms with Crippen LogP contribution >= 0.6 is 0 Å². The summed E-state index contributed by atoms with van der Waals surface area (Å²) in [6.45, 7) is 5.94. The molecule has 2 aromatic heterocycles. The fourth-order valence-corrected chi connectivity index (χ4v) is 7.56. The minimum absolute atomic E-state index is 0.0280. The second kappa shape index (κ2) is 11.8. The Morgan fingerprint density at radius 2 is 1.24 bits per heavy atom. The van der Waals surface area contributed by atoms with Crippen LogP contribution in [-0.2, 0) is 0 Å². The lowest BCUT2D eigenvalue weighted by molar-refractivity contribution is 0.703. The van der Waals surface area contributed by atoms with Crippen LogP contribution in [0.2, 0.25) is 0 Å². The van der Waals surface area contributed by atoms with Gasteiger partial charge in [0, 0.05) is 33.2 Å². The third-order valence-electron chi connectivity index (χ3n) is 9.82. The molecule has 5 aromatic carbocycles. The molecule has 7 aromatic rings.